The van der Waals surface area contributed by atoms with Crippen molar-refractivity contribution >= 4 is 23.2 Å². The molecule has 2 aromatic carbocycles. The van der Waals surface area contributed by atoms with E-state index >= 15 is 0 Å². The van der Waals surface area contributed by atoms with E-state index < -0.39 is 0 Å². The average molecular weight is 433 g/mol. The van der Waals surface area contributed by atoms with E-state index in [1.807, 2.05) is 61.5 Å². The van der Waals surface area contributed by atoms with Gasteiger partial charge in [0.2, 0.25) is 5.88 Å². The standard InChI is InChI=1S/C24H21ClN4O2/c1-16-8-11-20(12-9-16)31-21-13-10-19(14-26-21)27-24(30)22-17(2)28-29(23(22)25)15-18-6-4-3-5-7-18/h3-14H,15H2,1-2H3,(H,27,30). The molecule has 0 aliphatic heterocycles. The molecule has 0 radical (unpaired) electrons. The van der Waals surface area contributed by atoms with Crippen molar-refractivity contribution in [2.24, 2.45) is 0 Å². The third kappa shape index (κ3) is 4.92. The molecule has 0 aliphatic rings. The van der Waals surface area contributed by atoms with Gasteiger partial charge in [-0.05, 0) is 37.6 Å². The van der Waals surface area contributed by atoms with Crippen LogP contribution in [0.2, 0.25) is 5.15 Å². The third-order valence-electron chi connectivity index (χ3n) is 4.71. The van der Waals surface area contributed by atoms with Gasteiger partial charge in [0.05, 0.1) is 29.7 Å². The number of halogens is 1. The maximum atomic E-state index is 12.8. The minimum absolute atomic E-state index is 0.297. The summed E-state index contributed by atoms with van der Waals surface area (Å²) in [6.45, 7) is 4.26. The highest BCUT2D eigenvalue weighted by Gasteiger charge is 2.20. The fourth-order valence-corrected chi connectivity index (χ4v) is 3.43. The van der Waals surface area contributed by atoms with Crippen LogP contribution in [0.3, 0.4) is 0 Å². The van der Waals surface area contributed by atoms with E-state index in [2.05, 4.69) is 15.4 Å². The van der Waals surface area contributed by atoms with Crippen molar-refractivity contribution < 1.29 is 9.53 Å². The number of aryl methyl sites for hydroxylation is 2. The Bertz CT molecular complexity index is 1190. The molecule has 2 aromatic heterocycles. The Labute approximate surface area is 185 Å². The molecule has 0 spiro atoms. The van der Waals surface area contributed by atoms with Crippen molar-refractivity contribution in [2.45, 2.75) is 20.4 Å². The summed E-state index contributed by atoms with van der Waals surface area (Å²) in [4.78, 5) is 17.1. The van der Waals surface area contributed by atoms with Gasteiger partial charge in [-0.3, -0.25) is 4.79 Å². The highest BCUT2D eigenvalue weighted by molar-refractivity contribution is 6.33. The number of pyridine rings is 1. The molecule has 0 bridgehead atoms. The van der Waals surface area contributed by atoms with Gasteiger partial charge in [0.1, 0.15) is 10.9 Å². The van der Waals surface area contributed by atoms with Crippen molar-refractivity contribution in [1.29, 1.82) is 0 Å². The van der Waals surface area contributed by atoms with Crippen molar-refractivity contribution in [1.82, 2.24) is 14.8 Å². The zero-order valence-corrected chi connectivity index (χ0v) is 17.9. The van der Waals surface area contributed by atoms with Crippen LogP contribution < -0.4 is 10.1 Å². The minimum atomic E-state index is -0.337. The number of nitrogens with zero attached hydrogens (tertiary/aromatic N) is 3. The molecular formula is C24H21ClN4O2. The second-order valence-corrected chi connectivity index (χ2v) is 7.51. The molecule has 0 unspecified atom stereocenters. The summed E-state index contributed by atoms with van der Waals surface area (Å²) < 4.78 is 7.34. The smallest absolute Gasteiger partial charge is 0.260 e. The lowest BCUT2D eigenvalue weighted by atomic mass is 10.2. The molecule has 0 fully saturated rings. The Morgan fingerprint density at radius 3 is 2.45 bits per heavy atom. The second kappa shape index (κ2) is 9.02. The topological polar surface area (TPSA) is 69.0 Å². The quantitative estimate of drug-likeness (QED) is 0.428. The van der Waals surface area contributed by atoms with Crippen LogP contribution >= 0.6 is 11.6 Å². The molecule has 4 rings (SSSR count). The number of amides is 1. The highest BCUT2D eigenvalue weighted by Crippen LogP contribution is 2.24. The Hall–Kier alpha value is -3.64. The van der Waals surface area contributed by atoms with Gasteiger partial charge >= 0.3 is 0 Å². The zero-order valence-electron chi connectivity index (χ0n) is 17.2. The Morgan fingerprint density at radius 2 is 1.77 bits per heavy atom. The van der Waals surface area contributed by atoms with Crippen LogP contribution in [0.5, 0.6) is 11.6 Å². The van der Waals surface area contributed by atoms with Crippen LogP contribution in [0.1, 0.15) is 27.2 Å². The van der Waals surface area contributed by atoms with E-state index in [4.69, 9.17) is 16.3 Å². The molecule has 0 atom stereocenters. The summed E-state index contributed by atoms with van der Waals surface area (Å²) in [7, 11) is 0. The molecule has 156 valence electrons. The average Bonchev–Trinajstić information content (AvgIpc) is 3.05. The normalized spacial score (nSPS) is 10.7. The van der Waals surface area contributed by atoms with Crippen molar-refractivity contribution in [3.05, 3.63) is 100 Å². The Morgan fingerprint density at radius 1 is 1.03 bits per heavy atom. The number of benzene rings is 2. The summed E-state index contributed by atoms with van der Waals surface area (Å²) >= 11 is 6.47. The maximum Gasteiger partial charge on any atom is 0.260 e. The number of anilines is 1. The van der Waals surface area contributed by atoms with Crippen molar-refractivity contribution in [3.63, 3.8) is 0 Å². The van der Waals surface area contributed by atoms with Crippen LogP contribution in [-0.4, -0.2) is 20.7 Å². The number of nitrogens with one attached hydrogen (secondary N) is 1. The summed E-state index contributed by atoms with van der Waals surface area (Å²) in [6.07, 6.45) is 1.54. The molecule has 0 saturated carbocycles. The molecule has 0 aliphatic carbocycles. The fraction of sp³-hybridized carbons (Fsp3) is 0.125. The number of hydrogen-bond acceptors (Lipinski definition) is 4. The summed E-state index contributed by atoms with van der Waals surface area (Å²) in [5, 5.41) is 7.54. The number of aromatic nitrogens is 3. The molecule has 1 N–H and O–H groups in total. The number of hydrogen-bond donors (Lipinski definition) is 1. The number of carbonyl (C=O) groups excluding carboxylic acids is 1. The number of ether oxygens (including phenoxy) is 1. The van der Waals surface area contributed by atoms with E-state index in [0.717, 1.165) is 11.1 Å². The third-order valence-corrected chi connectivity index (χ3v) is 5.09. The van der Waals surface area contributed by atoms with E-state index in [-0.39, 0.29) is 5.91 Å². The van der Waals surface area contributed by atoms with Crippen molar-refractivity contribution in [3.8, 4) is 11.6 Å². The number of rotatable bonds is 6. The lowest BCUT2D eigenvalue weighted by Crippen LogP contribution is -2.13. The van der Waals surface area contributed by atoms with Crippen LogP contribution in [0.4, 0.5) is 5.69 Å². The van der Waals surface area contributed by atoms with Gasteiger partial charge in [-0.2, -0.15) is 5.10 Å². The van der Waals surface area contributed by atoms with Crippen LogP contribution in [0.25, 0.3) is 0 Å². The van der Waals surface area contributed by atoms with E-state index in [9.17, 15) is 4.79 Å². The Kier molecular flexibility index (Phi) is 6.00. The fourth-order valence-electron chi connectivity index (χ4n) is 3.11. The van der Waals surface area contributed by atoms with Gasteiger partial charge in [0, 0.05) is 6.07 Å². The first-order chi connectivity index (χ1) is 15.0. The van der Waals surface area contributed by atoms with Gasteiger partial charge in [-0.1, -0.05) is 59.6 Å². The van der Waals surface area contributed by atoms with Crippen LogP contribution in [-0.2, 0) is 6.54 Å². The van der Waals surface area contributed by atoms with Gasteiger partial charge in [0.25, 0.3) is 5.91 Å². The largest absolute Gasteiger partial charge is 0.439 e. The summed E-state index contributed by atoms with van der Waals surface area (Å²) in [6, 6.07) is 20.9. The van der Waals surface area contributed by atoms with Gasteiger partial charge in [-0.15, -0.1) is 0 Å². The van der Waals surface area contributed by atoms with Crippen molar-refractivity contribution in [2.75, 3.05) is 5.32 Å². The summed E-state index contributed by atoms with van der Waals surface area (Å²) in [5.74, 6) is 0.797. The first kappa shape index (κ1) is 20.6. The Balaban J connectivity index is 1.45. The predicted octanol–water partition coefficient (Wildman–Crippen LogP) is 5.64. The minimum Gasteiger partial charge on any atom is -0.439 e. The van der Waals surface area contributed by atoms with E-state index in [1.165, 1.54) is 0 Å². The first-order valence-corrected chi connectivity index (χ1v) is 10.2. The maximum absolute atomic E-state index is 12.8. The van der Waals surface area contributed by atoms with Crippen LogP contribution in [0, 0.1) is 13.8 Å². The molecule has 6 nitrogen and oxygen atoms in total. The molecule has 0 saturated heterocycles. The molecule has 4 aromatic rings. The summed E-state index contributed by atoms with van der Waals surface area (Å²) in [5.41, 5.74) is 3.64. The molecule has 31 heavy (non-hydrogen) atoms. The van der Waals surface area contributed by atoms with E-state index in [0.29, 0.717) is 40.3 Å². The van der Waals surface area contributed by atoms with Crippen LogP contribution in [0.15, 0.2) is 72.9 Å². The van der Waals surface area contributed by atoms with Gasteiger partial charge in [-0.25, -0.2) is 9.67 Å². The number of carbonyl (C=O) groups is 1. The second-order valence-electron chi connectivity index (χ2n) is 7.15. The van der Waals surface area contributed by atoms with Gasteiger partial charge < -0.3 is 10.1 Å². The molecular weight excluding hydrogens is 412 g/mol. The monoisotopic (exact) mass is 432 g/mol. The highest BCUT2D eigenvalue weighted by atomic mass is 35.5. The lowest BCUT2D eigenvalue weighted by molar-refractivity contribution is 0.102. The molecule has 2 heterocycles. The zero-order chi connectivity index (χ0) is 21.8. The van der Waals surface area contributed by atoms with Gasteiger partial charge in [0.15, 0.2) is 0 Å². The first-order valence-electron chi connectivity index (χ1n) is 9.78. The molecule has 1 amide bonds. The SMILES string of the molecule is Cc1ccc(Oc2ccc(NC(=O)c3c(C)nn(Cc4ccccc4)c3Cl)cn2)cc1. The predicted molar refractivity (Wildman–Crippen MR) is 121 cm³/mol. The van der Waals surface area contributed by atoms with E-state index in [1.54, 1.807) is 29.9 Å². The lowest BCUT2D eigenvalue weighted by Gasteiger charge is -2.08. The molecule has 7 heteroatoms.